The van der Waals surface area contributed by atoms with Crippen LogP contribution in [0.3, 0.4) is 0 Å². The Bertz CT molecular complexity index is 3150. The van der Waals surface area contributed by atoms with Crippen molar-refractivity contribution in [2.75, 3.05) is 4.90 Å². The molecule has 2 aliphatic rings. The number of anilines is 3. The Hall–Kier alpha value is -7.74. The van der Waals surface area contributed by atoms with Gasteiger partial charge in [-0.25, -0.2) is 0 Å². The fourth-order valence-electron chi connectivity index (χ4n) is 10.2. The van der Waals surface area contributed by atoms with Crippen LogP contribution in [0.25, 0.3) is 66.4 Å². The Morgan fingerprint density at radius 1 is 0.233 bits per heavy atom. The van der Waals surface area contributed by atoms with Gasteiger partial charge in [0, 0.05) is 17.1 Å². The Morgan fingerprint density at radius 2 is 0.617 bits per heavy atom. The van der Waals surface area contributed by atoms with Crippen molar-refractivity contribution in [1.82, 2.24) is 0 Å². The molecule has 1 heteroatoms. The molecule has 10 aromatic carbocycles. The van der Waals surface area contributed by atoms with E-state index in [0.717, 1.165) is 17.1 Å². The van der Waals surface area contributed by atoms with Crippen molar-refractivity contribution < 1.29 is 0 Å². The van der Waals surface area contributed by atoms with Gasteiger partial charge in [0.2, 0.25) is 0 Å². The van der Waals surface area contributed by atoms with Crippen LogP contribution in [0, 0.1) is 0 Å². The second kappa shape index (κ2) is 13.7. The van der Waals surface area contributed by atoms with Crippen molar-refractivity contribution in [1.29, 1.82) is 0 Å². The van der Waals surface area contributed by atoms with E-state index in [1.807, 2.05) is 0 Å². The Balaban J connectivity index is 1.15. The van der Waals surface area contributed by atoms with Crippen molar-refractivity contribution in [3.8, 4) is 55.6 Å². The van der Waals surface area contributed by atoms with Crippen LogP contribution in [-0.2, 0) is 5.41 Å². The molecule has 0 saturated carbocycles. The smallest absolute Gasteiger partial charge is 0.0726 e. The molecule has 0 heterocycles. The van der Waals surface area contributed by atoms with Gasteiger partial charge < -0.3 is 4.90 Å². The molecule has 0 saturated heterocycles. The molecule has 0 radical (unpaired) electrons. The van der Waals surface area contributed by atoms with Gasteiger partial charge in [-0.05, 0) is 137 Å². The minimum Gasteiger partial charge on any atom is -0.310 e. The van der Waals surface area contributed by atoms with Crippen molar-refractivity contribution in [3.05, 3.63) is 259 Å². The van der Waals surface area contributed by atoms with Crippen molar-refractivity contribution in [2.45, 2.75) is 5.41 Å². The predicted octanol–water partition coefficient (Wildman–Crippen LogP) is 15.7. The third kappa shape index (κ3) is 5.19. The SMILES string of the molecule is c1ccc(-c2ccc(N(c3ccc(-c4ccccc4)cc3)c3ccc4c(c3)C3(c5ccccc5-c5ccccc5-4)c4ccccc4-c4cc5ccccc5cc43)cc2)cc1. The first-order valence-electron chi connectivity index (χ1n) is 20.8. The molecule has 0 bridgehead atoms. The van der Waals surface area contributed by atoms with E-state index in [-0.39, 0.29) is 0 Å². The Labute approximate surface area is 351 Å². The lowest BCUT2D eigenvalue weighted by atomic mass is 9.65. The molecule has 1 spiro atoms. The van der Waals surface area contributed by atoms with Crippen LogP contribution in [-0.4, -0.2) is 0 Å². The van der Waals surface area contributed by atoms with E-state index in [1.165, 1.54) is 88.7 Å². The monoisotopic (exact) mass is 761 g/mol. The average molecular weight is 762 g/mol. The molecule has 0 amide bonds. The molecule has 1 nitrogen and oxygen atoms in total. The summed E-state index contributed by atoms with van der Waals surface area (Å²) in [7, 11) is 0. The molecule has 2 aliphatic carbocycles. The van der Waals surface area contributed by atoms with E-state index in [9.17, 15) is 0 Å². The molecule has 60 heavy (non-hydrogen) atoms. The number of rotatable bonds is 5. The maximum atomic E-state index is 2.51. The molecule has 1 unspecified atom stereocenters. The minimum atomic E-state index is -0.600. The summed E-state index contributed by atoms with van der Waals surface area (Å²) in [5.74, 6) is 0. The fourth-order valence-corrected chi connectivity index (χ4v) is 10.2. The molecule has 0 aromatic heterocycles. The second-order valence-corrected chi connectivity index (χ2v) is 16.0. The highest BCUT2D eigenvalue weighted by Crippen LogP contribution is 2.62. The van der Waals surface area contributed by atoms with Gasteiger partial charge in [0.25, 0.3) is 0 Å². The summed E-state index contributed by atoms with van der Waals surface area (Å²) >= 11 is 0. The van der Waals surface area contributed by atoms with E-state index >= 15 is 0 Å². The highest BCUT2D eigenvalue weighted by molar-refractivity contribution is 6.01. The van der Waals surface area contributed by atoms with Crippen LogP contribution in [0.2, 0.25) is 0 Å². The van der Waals surface area contributed by atoms with Gasteiger partial charge in [0.05, 0.1) is 5.41 Å². The largest absolute Gasteiger partial charge is 0.310 e. The Kier molecular flexibility index (Phi) is 7.83. The molecule has 0 N–H and O–H groups in total. The molecule has 0 fully saturated rings. The summed E-state index contributed by atoms with van der Waals surface area (Å²) in [4.78, 5) is 2.43. The lowest BCUT2D eigenvalue weighted by molar-refractivity contribution is 0.776. The van der Waals surface area contributed by atoms with Gasteiger partial charge in [-0.2, -0.15) is 0 Å². The lowest BCUT2D eigenvalue weighted by Gasteiger charge is -2.36. The average Bonchev–Trinajstić information content (AvgIpc) is 3.55. The fraction of sp³-hybridized carbons (Fsp3) is 0.0169. The molecule has 280 valence electrons. The van der Waals surface area contributed by atoms with E-state index in [0.29, 0.717) is 0 Å². The van der Waals surface area contributed by atoms with Crippen molar-refractivity contribution in [3.63, 3.8) is 0 Å². The van der Waals surface area contributed by atoms with Gasteiger partial charge >= 0.3 is 0 Å². The van der Waals surface area contributed by atoms with Crippen LogP contribution in [0.15, 0.2) is 237 Å². The van der Waals surface area contributed by atoms with E-state index in [4.69, 9.17) is 0 Å². The zero-order valence-electron chi connectivity index (χ0n) is 33.0. The predicted molar refractivity (Wildman–Crippen MR) is 251 cm³/mol. The van der Waals surface area contributed by atoms with Gasteiger partial charge in [0.15, 0.2) is 0 Å². The van der Waals surface area contributed by atoms with E-state index in [2.05, 4.69) is 241 Å². The number of benzene rings is 10. The first-order valence-corrected chi connectivity index (χ1v) is 20.8. The van der Waals surface area contributed by atoms with Gasteiger partial charge in [0.1, 0.15) is 0 Å². The number of hydrogen-bond acceptors (Lipinski definition) is 1. The first-order chi connectivity index (χ1) is 29.8. The van der Waals surface area contributed by atoms with Crippen LogP contribution >= 0.6 is 0 Å². The van der Waals surface area contributed by atoms with Gasteiger partial charge in [-0.1, -0.05) is 188 Å². The number of fused-ring (bicyclic) bond motifs is 13. The standard InChI is InChI=1S/C59H39N/c1-3-15-40(16-4-1)42-27-31-46(32-28-42)60(47-33-29-43(30-34-47)41-17-5-2-6-18-41)48-35-36-53-50-22-10-9-21-49(50)51-23-11-13-25-55(51)59(58(53)39-48)56-26-14-12-24-52(56)54-37-44-19-7-8-20-45(44)38-57(54)59/h1-39H. The highest BCUT2D eigenvalue weighted by atomic mass is 15.1. The quantitative estimate of drug-likeness (QED) is 0.169. The molecular weight excluding hydrogens is 723 g/mol. The summed E-state index contributed by atoms with van der Waals surface area (Å²) < 4.78 is 0. The number of hydrogen-bond donors (Lipinski definition) is 0. The summed E-state index contributed by atoms with van der Waals surface area (Å²) in [5, 5.41) is 2.50. The van der Waals surface area contributed by atoms with Gasteiger partial charge in [-0.3, -0.25) is 0 Å². The molecule has 0 aliphatic heterocycles. The normalized spacial score (nSPS) is 14.4. The van der Waals surface area contributed by atoms with Crippen LogP contribution in [0.4, 0.5) is 17.1 Å². The van der Waals surface area contributed by atoms with E-state index < -0.39 is 5.41 Å². The lowest BCUT2D eigenvalue weighted by Crippen LogP contribution is -2.29. The maximum absolute atomic E-state index is 2.51. The summed E-state index contributed by atoms with van der Waals surface area (Å²) in [6.07, 6.45) is 0. The number of nitrogens with zero attached hydrogens (tertiary/aromatic N) is 1. The minimum absolute atomic E-state index is 0.600. The summed E-state index contributed by atoms with van der Waals surface area (Å²) in [6.45, 7) is 0. The first kappa shape index (κ1) is 34.3. The summed E-state index contributed by atoms with van der Waals surface area (Å²) in [6, 6.07) is 87.6. The molecule has 12 rings (SSSR count). The maximum Gasteiger partial charge on any atom is 0.0726 e. The highest BCUT2D eigenvalue weighted by Gasteiger charge is 2.50. The topological polar surface area (TPSA) is 3.24 Å². The molecular formula is C59H39N. The molecule has 10 aromatic rings. The van der Waals surface area contributed by atoms with Gasteiger partial charge in [-0.15, -0.1) is 0 Å². The van der Waals surface area contributed by atoms with Crippen LogP contribution < -0.4 is 4.90 Å². The zero-order valence-corrected chi connectivity index (χ0v) is 33.0. The van der Waals surface area contributed by atoms with Crippen molar-refractivity contribution in [2.24, 2.45) is 0 Å². The second-order valence-electron chi connectivity index (χ2n) is 16.0. The van der Waals surface area contributed by atoms with Crippen LogP contribution in [0.5, 0.6) is 0 Å². The zero-order chi connectivity index (χ0) is 39.6. The molecule has 1 atom stereocenters. The van der Waals surface area contributed by atoms with Crippen LogP contribution in [0.1, 0.15) is 22.3 Å². The Morgan fingerprint density at radius 3 is 1.17 bits per heavy atom. The van der Waals surface area contributed by atoms with E-state index in [1.54, 1.807) is 0 Å². The third-order valence-corrected chi connectivity index (χ3v) is 12.9. The van der Waals surface area contributed by atoms with Crippen molar-refractivity contribution >= 4 is 27.8 Å². The summed E-state index contributed by atoms with van der Waals surface area (Å²) in [5.41, 5.74) is 20.4. The third-order valence-electron chi connectivity index (χ3n) is 12.9.